The van der Waals surface area contributed by atoms with E-state index in [1.807, 2.05) is 24.3 Å². The number of aryl methyl sites for hydroxylation is 1. The molecule has 1 aliphatic rings. The number of carbonyl (C=O) groups excluding carboxylic acids is 2. The maximum atomic E-state index is 12.9. The van der Waals surface area contributed by atoms with Gasteiger partial charge in [-0.15, -0.1) is 0 Å². The van der Waals surface area contributed by atoms with Crippen LogP contribution in [0.1, 0.15) is 24.5 Å². The number of benzene rings is 2. The largest absolute Gasteiger partial charge is 0.352 e. The van der Waals surface area contributed by atoms with Gasteiger partial charge in [-0.3, -0.25) is 9.59 Å². The molecule has 1 aliphatic carbocycles. The molecule has 3 rings (SSSR count). The Hall–Kier alpha value is -2.69. The average molecular weight is 340 g/mol. The topological polar surface area (TPSA) is 58.2 Å². The lowest BCUT2D eigenvalue weighted by atomic mass is 10.1. The number of anilines is 1. The van der Waals surface area contributed by atoms with Gasteiger partial charge in [0.1, 0.15) is 5.82 Å². The third kappa shape index (κ3) is 4.44. The highest BCUT2D eigenvalue weighted by Crippen LogP contribution is 2.39. The molecule has 0 spiro atoms. The van der Waals surface area contributed by atoms with Crippen LogP contribution in [0.2, 0.25) is 0 Å². The summed E-state index contributed by atoms with van der Waals surface area (Å²) in [5.74, 6) is -1.12. The quantitative estimate of drug-likeness (QED) is 0.848. The number of rotatable bonds is 6. The van der Waals surface area contributed by atoms with E-state index in [0.717, 1.165) is 17.7 Å². The van der Waals surface area contributed by atoms with Crippen molar-refractivity contribution in [3.05, 3.63) is 65.5 Å². The van der Waals surface area contributed by atoms with Crippen molar-refractivity contribution in [3.63, 3.8) is 0 Å². The summed E-state index contributed by atoms with van der Waals surface area (Å²) >= 11 is 0. The molecule has 2 N–H and O–H groups in total. The highest BCUT2D eigenvalue weighted by Gasteiger charge is 2.47. The van der Waals surface area contributed by atoms with Crippen molar-refractivity contribution < 1.29 is 14.0 Å². The fourth-order valence-corrected chi connectivity index (χ4v) is 2.76. The van der Waals surface area contributed by atoms with Crippen molar-refractivity contribution in [2.24, 2.45) is 11.8 Å². The molecule has 2 amide bonds. The molecule has 1 fully saturated rings. The van der Waals surface area contributed by atoms with Gasteiger partial charge in [-0.1, -0.05) is 31.2 Å². The Kier molecular flexibility index (Phi) is 5.12. The van der Waals surface area contributed by atoms with Crippen LogP contribution >= 0.6 is 0 Å². The predicted molar refractivity (Wildman–Crippen MR) is 94.3 cm³/mol. The van der Waals surface area contributed by atoms with Crippen molar-refractivity contribution in [2.45, 2.75) is 26.3 Å². The first-order chi connectivity index (χ1) is 12.1. The van der Waals surface area contributed by atoms with E-state index in [1.54, 1.807) is 12.1 Å². The Morgan fingerprint density at radius 3 is 2.20 bits per heavy atom. The lowest BCUT2D eigenvalue weighted by molar-refractivity contribution is -0.125. The smallest absolute Gasteiger partial charge is 0.228 e. The number of amides is 2. The highest BCUT2D eigenvalue weighted by atomic mass is 19.1. The van der Waals surface area contributed by atoms with Crippen molar-refractivity contribution >= 4 is 17.5 Å². The molecule has 0 saturated heterocycles. The average Bonchev–Trinajstić information content (AvgIpc) is 3.43. The molecule has 5 heteroatoms. The number of hydrogen-bond acceptors (Lipinski definition) is 2. The summed E-state index contributed by atoms with van der Waals surface area (Å²) in [6.07, 6.45) is 1.52. The second kappa shape index (κ2) is 7.47. The van der Waals surface area contributed by atoms with Crippen LogP contribution in [0.15, 0.2) is 48.5 Å². The van der Waals surface area contributed by atoms with Gasteiger partial charge in [-0.05, 0) is 48.2 Å². The minimum absolute atomic E-state index is 0.119. The fourth-order valence-electron chi connectivity index (χ4n) is 2.76. The first kappa shape index (κ1) is 17.1. The van der Waals surface area contributed by atoms with Gasteiger partial charge in [0.05, 0.1) is 11.8 Å². The van der Waals surface area contributed by atoms with Crippen molar-refractivity contribution in [1.29, 1.82) is 0 Å². The first-order valence-corrected chi connectivity index (χ1v) is 8.48. The third-order valence-electron chi connectivity index (χ3n) is 4.47. The minimum Gasteiger partial charge on any atom is -0.352 e. The van der Waals surface area contributed by atoms with Crippen LogP contribution in [-0.4, -0.2) is 11.8 Å². The SMILES string of the molecule is CCc1ccc(NC(=O)C2CC2C(=O)NCc2ccc(F)cc2)cc1. The zero-order valence-electron chi connectivity index (χ0n) is 14.1. The number of halogens is 1. The molecule has 0 heterocycles. The van der Waals surface area contributed by atoms with E-state index in [0.29, 0.717) is 13.0 Å². The van der Waals surface area contributed by atoms with Crippen LogP contribution in [0.3, 0.4) is 0 Å². The Morgan fingerprint density at radius 2 is 1.56 bits per heavy atom. The van der Waals surface area contributed by atoms with Gasteiger partial charge in [0.25, 0.3) is 0 Å². The monoisotopic (exact) mass is 340 g/mol. The Balaban J connectivity index is 1.46. The molecule has 25 heavy (non-hydrogen) atoms. The Morgan fingerprint density at radius 1 is 0.960 bits per heavy atom. The summed E-state index contributed by atoms with van der Waals surface area (Å²) in [4.78, 5) is 24.4. The fraction of sp³-hybridized carbons (Fsp3) is 0.300. The minimum atomic E-state index is -0.305. The van der Waals surface area contributed by atoms with Crippen molar-refractivity contribution in [3.8, 4) is 0 Å². The van der Waals surface area contributed by atoms with Crippen LogP contribution in [0.5, 0.6) is 0 Å². The zero-order chi connectivity index (χ0) is 17.8. The third-order valence-corrected chi connectivity index (χ3v) is 4.47. The summed E-state index contributed by atoms with van der Waals surface area (Å²) < 4.78 is 12.9. The number of nitrogens with one attached hydrogen (secondary N) is 2. The van der Waals surface area contributed by atoms with E-state index >= 15 is 0 Å². The van der Waals surface area contributed by atoms with E-state index in [9.17, 15) is 14.0 Å². The van der Waals surface area contributed by atoms with E-state index in [1.165, 1.54) is 17.7 Å². The number of carbonyl (C=O) groups is 2. The van der Waals surface area contributed by atoms with Crippen LogP contribution < -0.4 is 10.6 Å². The molecular weight excluding hydrogens is 319 g/mol. The van der Waals surface area contributed by atoms with Gasteiger partial charge >= 0.3 is 0 Å². The standard InChI is InChI=1S/C20H21FN2O2/c1-2-13-5-9-16(10-6-13)23-20(25)18-11-17(18)19(24)22-12-14-3-7-15(21)8-4-14/h3-10,17-18H,2,11-12H2,1H3,(H,22,24)(H,23,25). The molecule has 0 aliphatic heterocycles. The molecule has 2 aromatic rings. The zero-order valence-corrected chi connectivity index (χ0v) is 14.1. The number of hydrogen-bond donors (Lipinski definition) is 2. The second-order valence-corrected chi connectivity index (χ2v) is 6.33. The van der Waals surface area contributed by atoms with Crippen LogP contribution in [0, 0.1) is 17.7 Å². The van der Waals surface area contributed by atoms with E-state index < -0.39 is 0 Å². The molecule has 0 bridgehead atoms. The lowest BCUT2D eigenvalue weighted by Crippen LogP contribution is -2.27. The summed E-state index contributed by atoms with van der Waals surface area (Å²) in [5.41, 5.74) is 2.79. The molecule has 0 radical (unpaired) electrons. The normalized spacial score (nSPS) is 18.5. The Bertz CT molecular complexity index is 756. The molecule has 2 atom stereocenters. The molecule has 4 nitrogen and oxygen atoms in total. The Labute approximate surface area is 146 Å². The van der Waals surface area contributed by atoms with Crippen LogP contribution in [0.4, 0.5) is 10.1 Å². The second-order valence-electron chi connectivity index (χ2n) is 6.33. The molecular formula is C20H21FN2O2. The molecule has 130 valence electrons. The van der Waals surface area contributed by atoms with Crippen molar-refractivity contribution in [1.82, 2.24) is 5.32 Å². The summed E-state index contributed by atoms with van der Waals surface area (Å²) in [6, 6.07) is 13.7. The molecule has 1 saturated carbocycles. The predicted octanol–water partition coefficient (Wildman–Crippen LogP) is 3.28. The summed E-state index contributed by atoms with van der Waals surface area (Å²) in [5, 5.41) is 5.66. The van der Waals surface area contributed by atoms with Gasteiger partial charge in [-0.25, -0.2) is 4.39 Å². The van der Waals surface area contributed by atoms with Gasteiger partial charge < -0.3 is 10.6 Å². The van der Waals surface area contributed by atoms with Gasteiger partial charge in [0.15, 0.2) is 0 Å². The molecule has 0 aromatic heterocycles. The van der Waals surface area contributed by atoms with Crippen LogP contribution in [-0.2, 0) is 22.6 Å². The van der Waals surface area contributed by atoms with Crippen LogP contribution in [0.25, 0.3) is 0 Å². The first-order valence-electron chi connectivity index (χ1n) is 8.48. The van der Waals surface area contributed by atoms with E-state index in [4.69, 9.17) is 0 Å². The molecule has 2 unspecified atom stereocenters. The van der Waals surface area contributed by atoms with E-state index in [2.05, 4.69) is 17.6 Å². The van der Waals surface area contributed by atoms with Crippen molar-refractivity contribution in [2.75, 3.05) is 5.32 Å². The maximum absolute atomic E-state index is 12.9. The van der Waals surface area contributed by atoms with Gasteiger partial charge in [0, 0.05) is 12.2 Å². The highest BCUT2D eigenvalue weighted by molar-refractivity contribution is 5.99. The van der Waals surface area contributed by atoms with Gasteiger partial charge in [0.2, 0.25) is 11.8 Å². The molecule has 2 aromatic carbocycles. The summed E-state index contributed by atoms with van der Waals surface area (Å²) in [6.45, 7) is 2.41. The van der Waals surface area contributed by atoms with Gasteiger partial charge in [-0.2, -0.15) is 0 Å². The van der Waals surface area contributed by atoms with E-state index in [-0.39, 0.29) is 29.5 Å². The lowest BCUT2D eigenvalue weighted by Gasteiger charge is -2.07. The maximum Gasteiger partial charge on any atom is 0.228 e. The summed E-state index contributed by atoms with van der Waals surface area (Å²) in [7, 11) is 0.